The summed E-state index contributed by atoms with van der Waals surface area (Å²) in [7, 11) is 3.43. The fraction of sp³-hybridized carbons (Fsp3) is 0.450. The van der Waals surface area contributed by atoms with Gasteiger partial charge in [0.25, 0.3) is 6.47 Å². The summed E-state index contributed by atoms with van der Waals surface area (Å²) in [4.78, 5) is 9.18. The Morgan fingerprint density at radius 3 is 2.12 bits per heavy atom. The molecule has 0 atom stereocenters. The lowest BCUT2D eigenvalue weighted by atomic mass is 9.96. The molecule has 0 radical (unpaired) electrons. The monoisotopic (exact) mass is 332 g/mol. The second-order valence-corrected chi connectivity index (χ2v) is 5.79. The van der Waals surface area contributed by atoms with Crippen LogP contribution in [0.3, 0.4) is 0 Å². The van der Waals surface area contributed by atoms with E-state index in [0.29, 0.717) is 19.0 Å². The van der Waals surface area contributed by atoms with E-state index in [0.717, 1.165) is 29.7 Å². The van der Waals surface area contributed by atoms with Crippen LogP contribution in [0.15, 0.2) is 30.3 Å². The van der Waals surface area contributed by atoms with Gasteiger partial charge in [0.15, 0.2) is 0 Å². The predicted molar refractivity (Wildman–Crippen MR) is 97.9 cm³/mol. The summed E-state index contributed by atoms with van der Waals surface area (Å²) in [6.45, 7) is 7.16. The van der Waals surface area contributed by atoms with Gasteiger partial charge in [0, 0.05) is 17.0 Å². The molecule has 0 aliphatic carbocycles. The molecule has 4 heteroatoms. The van der Waals surface area contributed by atoms with Crippen LogP contribution in [-0.4, -0.2) is 27.3 Å². The van der Waals surface area contributed by atoms with Crippen molar-refractivity contribution >= 4 is 17.2 Å². The van der Waals surface area contributed by atoms with Gasteiger partial charge in [-0.25, -0.2) is 0 Å². The first-order valence-electron chi connectivity index (χ1n) is 8.26. The molecule has 2 aromatic carbocycles. The number of hydrogen-bond acceptors (Lipinski definition) is 4. The largest absolute Gasteiger partial charge is 0.496 e. The molecular formula is C20H28O4. The minimum absolute atomic E-state index is 0.431. The van der Waals surface area contributed by atoms with E-state index in [9.17, 15) is 4.79 Å². The molecule has 0 N–H and O–H groups in total. The number of rotatable bonds is 7. The molecule has 24 heavy (non-hydrogen) atoms. The van der Waals surface area contributed by atoms with Crippen LogP contribution in [0.1, 0.15) is 32.8 Å². The molecule has 4 nitrogen and oxygen atoms in total. The van der Waals surface area contributed by atoms with Crippen molar-refractivity contribution < 1.29 is 19.0 Å². The van der Waals surface area contributed by atoms with Crippen molar-refractivity contribution in [3.63, 3.8) is 0 Å². The standard InChI is InChI=1S/C17H22O2.C3H6O2/c1-12(2)9-10-15-13-7-5-6-8-14(13)16(18-3)11-17(15)19-4;1-2-5-3-4/h5-8,11-12H,9-10H2,1-4H3;3H,2H2,1H3. The summed E-state index contributed by atoms with van der Waals surface area (Å²) in [6, 6.07) is 10.4. The van der Waals surface area contributed by atoms with Gasteiger partial charge in [0.2, 0.25) is 0 Å². The molecule has 2 rings (SSSR count). The second-order valence-electron chi connectivity index (χ2n) is 5.79. The van der Waals surface area contributed by atoms with Gasteiger partial charge in [-0.2, -0.15) is 0 Å². The molecule has 0 fully saturated rings. The van der Waals surface area contributed by atoms with Gasteiger partial charge in [-0.15, -0.1) is 0 Å². The fourth-order valence-corrected chi connectivity index (χ4v) is 2.49. The van der Waals surface area contributed by atoms with Gasteiger partial charge in [-0.05, 0) is 31.1 Å². The number of hydrogen-bond donors (Lipinski definition) is 0. The molecule has 0 saturated heterocycles. The van der Waals surface area contributed by atoms with Crippen molar-refractivity contribution in [3.8, 4) is 11.5 Å². The number of fused-ring (bicyclic) bond motifs is 1. The summed E-state index contributed by atoms with van der Waals surface area (Å²) < 4.78 is 15.2. The quantitative estimate of drug-likeness (QED) is 0.694. The summed E-state index contributed by atoms with van der Waals surface area (Å²) in [5.74, 6) is 2.49. The highest BCUT2D eigenvalue weighted by molar-refractivity contribution is 5.93. The molecule has 132 valence electrons. The lowest BCUT2D eigenvalue weighted by Gasteiger charge is -2.16. The van der Waals surface area contributed by atoms with Crippen LogP contribution in [0.5, 0.6) is 11.5 Å². The predicted octanol–water partition coefficient (Wildman–Crippen LogP) is 4.62. The number of aryl methyl sites for hydroxylation is 1. The number of benzene rings is 2. The first kappa shape index (κ1) is 19.8. The Bertz CT molecular complexity index is 635. The summed E-state index contributed by atoms with van der Waals surface area (Å²) in [5.41, 5.74) is 1.28. The highest BCUT2D eigenvalue weighted by Crippen LogP contribution is 2.36. The molecular weight excluding hydrogens is 304 g/mol. The van der Waals surface area contributed by atoms with Crippen molar-refractivity contribution in [1.29, 1.82) is 0 Å². The highest BCUT2D eigenvalue weighted by Gasteiger charge is 2.13. The SMILES string of the molecule is CCOC=O.COc1cc(OC)c2ccccc2c1CCC(C)C. The molecule has 0 spiro atoms. The molecule has 0 amide bonds. The minimum atomic E-state index is 0.431. The molecule has 0 unspecified atom stereocenters. The van der Waals surface area contributed by atoms with Crippen LogP contribution in [-0.2, 0) is 16.0 Å². The van der Waals surface area contributed by atoms with Crippen LogP contribution in [0.25, 0.3) is 10.8 Å². The fourth-order valence-electron chi connectivity index (χ4n) is 2.49. The molecule has 0 aliphatic heterocycles. The Hall–Kier alpha value is -2.23. The van der Waals surface area contributed by atoms with Gasteiger partial charge in [0.1, 0.15) is 11.5 Å². The average Bonchev–Trinajstić information content (AvgIpc) is 2.60. The molecule has 2 aromatic rings. The van der Waals surface area contributed by atoms with E-state index in [2.05, 4.69) is 36.8 Å². The average molecular weight is 332 g/mol. The first-order chi connectivity index (χ1) is 11.6. The third-order valence-electron chi connectivity index (χ3n) is 3.72. The maximum atomic E-state index is 9.18. The van der Waals surface area contributed by atoms with Crippen molar-refractivity contribution in [2.24, 2.45) is 5.92 Å². The van der Waals surface area contributed by atoms with Gasteiger partial charge in [-0.1, -0.05) is 38.1 Å². The van der Waals surface area contributed by atoms with E-state index < -0.39 is 0 Å². The lowest BCUT2D eigenvalue weighted by Crippen LogP contribution is -1.99. The first-order valence-corrected chi connectivity index (χ1v) is 8.26. The maximum absolute atomic E-state index is 9.18. The second kappa shape index (κ2) is 10.5. The van der Waals surface area contributed by atoms with E-state index >= 15 is 0 Å². The summed E-state index contributed by atoms with van der Waals surface area (Å²) in [6.07, 6.45) is 2.19. The Kier molecular flexibility index (Phi) is 8.69. The summed E-state index contributed by atoms with van der Waals surface area (Å²) in [5, 5.41) is 2.39. The van der Waals surface area contributed by atoms with E-state index in [1.54, 1.807) is 21.1 Å². The number of ether oxygens (including phenoxy) is 3. The van der Waals surface area contributed by atoms with Crippen LogP contribution >= 0.6 is 0 Å². The van der Waals surface area contributed by atoms with E-state index in [-0.39, 0.29) is 0 Å². The smallest absolute Gasteiger partial charge is 0.293 e. The topological polar surface area (TPSA) is 44.8 Å². The van der Waals surface area contributed by atoms with Crippen LogP contribution in [0, 0.1) is 5.92 Å². The van der Waals surface area contributed by atoms with E-state index in [4.69, 9.17) is 9.47 Å². The van der Waals surface area contributed by atoms with Crippen LogP contribution < -0.4 is 9.47 Å². The van der Waals surface area contributed by atoms with Crippen molar-refractivity contribution in [3.05, 3.63) is 35.9 Å². The molecule has 0 saturated carbocycles. The Labute approximate surface area is 144 Å². The highest BCUT2D eigenvalue weighted by atomic mass is 16.5. The molecule has 0 aromatic heterocycles. The number of methoxy groups -OCH3 is 2. The third kappa shape index (κ3) is 5.44. The van der Waals surface area contributed by atoms with Gasteiger partial charge < -0.3 is 14.2 Å². The molecule has 0 bridgehead atoms. The zero-order valence-corrected chi connectivity index (χ0v) is 15.3. The van der Waals surface area contributed by atoms with E-state index in [1.165, 1.54) is 10.9 Å². The zero-order valence-electron chi connectivity index (χ0n) is 15.3. The molecule has 0 aliphatic rings. The van der Waals surface area contributed by atoms with Crippen molar-refractivity contribution in [2.45, 2.75) is 33.6 Å². The summed E-state index contributed by atoms with van der Waals surface area (Å²) >= 11 is 0. The van der Waals surface area contributed by atoms with Gasteiger partial charge in [-0.3, -0.25) is 4.79 Å². The Morgan fingerprint density at radius 2 is 1.67 bits per heavy atom. The Morgan fingerprint density at radius 1 is 1.04 bits per heavy atom. The van der Waals surface area contributed by atoms with Crippen LogP contribution in [0.4, 0.5) is 0 Å². The number of carbonyl (C=O) groups is 1. The third-order valence-corrected chi connectivity index (χ3v) is 3.72. The molecule has 0 heterocycles. The van der Waals surface area contributed by atoms with E-state index in [1.807, 2.05) is 12.1 Å². The maximum Gasteiger partial charge on any atom is 0.293 e. The van der Waals surface area contributed by atoms with Crippen molar-refractivity contribution in [1.82, 2.24) is 0 Å². The van der Waals surface area contributed by atoms with Gasteiger partial charge >= 0.3 is 0 Å². The minimum Gasteiger partial charge on any atom is -0.496 e. The van der Waals surface area contributed by atoms with Crippen molar-refractivity contribution in [2.75, 3.05) is 20.8 Å². The lowest BCUT2D eigenvalue weighted by molar-refractivity contribution is -0.128. The number of carbonyl (C=O) groups excluding carboxylic acids is 1. The van der Waals surface area contributed by atoms with Crippen LogP contribution in [0.2, 0.25) is 0 Å². The zero-order chi connectivity index (χ0) is 17.9. The van der Waals surface area contributed by atoms with Gasteiger partial charge in [0.05, 0.1) is 20.8 Å². The normalized spacial score (nSPS) is 10.1. The Balaban J connectivity index is 0.000000505.